The summed E-state index contributed by atoms with van der Waals surface area (Å²) in [6.45, 7) is 2.36. The zero-order chi connectivity index (χ0) is 19.7. The van der Waals surface area contributed by atoms with Gasteiger partial charge in [-0.25, -0.2) is 9.18 Å². The van der Waals surface area contributed by atoms with E-state index in [2.05, 4.69) is 6.92 Å². The maximum absolute atomic E-state index is 14.5. The molecule has 0 spiro atoms. The second kappa shape index (κ2) is 7.82. The van der Waals surface area contributed by atoms with Crippen molar-refractivity contribution in [1.29, 1.82) is 0 Å². The first-order valence-electron chi connectivity index (χ1n) is 9.86. The molecule has 4 atom stereocenters. The summed E-state index contributed by atoms with van der Waals surface area (Å²) >= 11 is 0. The third-order valence-electron chi connectivity index (χ3n) is 6.03. The van der Waals surface area contributed by atoms with E-state index in [1.807, 2.05) is 30.3 Å². The Labute approximate surface area is 164 Å². The molecule has 2 fully saturated rings. The minimum Gasteiger partial charge on any atom is -0.496 e. The Kier molecular flexibility index (Phi) is 5.25. The number of benzene rings is 2. The van der Waals surface area contributed by atoms with Crippen LogP contribution in [0.5, 0.6) is 11.5 Å². The van der Waals surface area contributed by atoms with Crippen LogP contribution in [0.2, 0.25) is 0 Å². The molecule has 0 aliphatic heterocycles. The number of carbonyl (C=O) groups is 1. The van der Waals surface area contributed by atoms with Crippen LogP contribution in [0, 0.1) is 23.6 Å². The van der Waals surface area contributed by atoms with Gasteiger partial charge in [0.2, 0.25) is 0 Å². The van der Waals surface area contributed by atoms with E-state index in [0.717, 1.165) is 24.3 Å². The summed E-state index contributed by atoms with van der Waals surface area (Å²) in [7, 11) is 1.40. The number of methoxy groups -OCH3 is 1. The fourth-order valence-electron chi connectivity index (χ4n) is 4.56. The molecule has 2 aliphatic carbocycles. The molecule has 0 unspecified atom stereocenters. The van der Waals surface area contributed by atoms with Crippen molar-refractivity contribution in [3.8, 4) is 11.5 Å². The lowest BCUT2D eigenvalue weighted by molar-refractivity contribution is 0.0468. The summed E-state index contributed by atoms with van der Waals surface area (Å²) in [5.74, 6) is 1.38. The molecule has 0 heterocycles. The Morgan fingerprint density at radius 3 is 2.46 bits per heavy atom. The highest BCUT2D eigenvalue weighted by Crippen LogP contribution is 2.59. The van der Waals surface area contributed by atoms with E-state index in [1.54, 1.807) is 0 Å². The van der Waals surface area contributed by atoms with Crippen LogP contribution in [0.4, 0.5) is 4.39 Å². The van der Waals surface area contributed by atoms with E-state index in [-0.39, 0.29) is 29.8 Å². The van der Waals surface area contributed by atoms with Crippen molar-refractivity contribution < 1.29 is 23.4 Å². The van der Waals surface area contributed by atoms with Gasteiger partial charge in [-0.15, -0.1) is 0 Å². The predicted octanol–water partition coefficient (Wildman–Crippen LogP) is 5.00. The molecule has 2 aromatic carbocycles. The van der Waals surface area contributed by atoms with Crippen molar-refractivity contribution in [3.05, 3.63) is 59.4 Å². The highest BCUT2D eigenvalue weighted by atomic mass is 19.1. The average Bonchev–Trinajstić information content (AvgIpc) is 3.20. The molecule has 5 heteroatoms. The van der Waals surface area contributed by atoms with Gasteiger partial charge in [0, 0.05) is 12.1 Å². The van der Waals surface area contributed by atoms with Gasteiger partial charge in [0.1, 0.15) is 17.9 Å². The van der Waals surface area contributed by atoms with Crippen LogP contribution in [-0.4, -0.2) is 19.2 Å². The molecule has 0 aromatic heterocycles. The minimum atomic E-state index is -0.564. The Bertz CT molecular complexity index is 839. The lowest BCUT2D eigenvalue weighted by Crippen LogP contribution is -2.17. The maximum atomic E-state index is 14.5. The van der Waals surface area contributed by atoms with Gasteiger partial charge in [0.05, 0.1) is 13.2 Å². The summed E-state index contributed by atoms with van der Waals surface area (Å²) in [6, 6.07) is 12.0. The molecule has 0 bridgehead atoms. The summed E-state index contributed by atoms with van der Waals surface area (Å²) in [5, 5.41) is 0. The number of rotatable bonds is 7. The highest BCUT2D eigenvalue weighted by molar-refractivity contribution is 5.93. The molecule has 0 amide bonds. The quantitative estimate of drug-likeness (QED) is 0.630. The number of halogens is 1. The Morgan fingerprint density at radius 2 is 1.82 bits per heavy atom. The number of hydrogen-bond donors (Lipinski definition) is 0. The highest BCUT2D eigenvalue weighted by Gasteiger charge is 2.55. The topological polar surface area (TPSA) is 44.8 Å². The molecule has 2 aliphatic rings. The Balaban J connectivity index is 1.45. The normalized spacial score (nSPS) is 25.1. The monoisotopic (exact) mass is 384 g/mol. The first-order valence-corrected chi connectivity index (χ1v) is 9.86. The van der Waals surface area contributed by atoms with Crippen LogP contribution in [0.15, 0.2) is 42.5 Å². The second-order valence-electron chi connectivity index (χ2n) is 7.66. The van der Waals surface area contributed by atoms with Crippen LogP contribution >= 0.6 is 0 Å². The van der Waals surface area contributed by atoms with E-state index in [9.17, 15) is 9.18 Å². The van der Waals surface area contributed by atoms with E-state index >= 15 is 0 Å². The molecule has 0 radical (unpaired) electrons. The van der Waals surface area contributed by atoms with E-state index in [1.165, 1.54) is 25.7 Å². The number of ether oxygens (including phenoxy) is 3. The fourth-order valence-corrected chi connectivity index (χ4v) is 4.56. The van der Waals surface area contributed by atoms with Crippen LogP contribution < -0.4 is 9.47 Å². The fraction of sp³-hybridized carbons (Fsp3) is 0.435. The van der Waals surface area contributed by atoms with Gasteiger partial charge in [0.25, 0.3) is 0 Å². The zero-order valence-corrected chi connectivity index (χ0v) is 16.2. The van der Waals surface area contributed by atoms with Crippen molar-refractivity contribution in [2.24, 2.45) is 17.8 Å². The lowest BCUT2D eigenvalue weighted by atomic mass is 10.1. The first kappa shape index (κ1) is 18.8. The van der Waals surface area contributed by atoms with Crippen molar-refractivity contribution >= 4 is 5.97 Å². The summed E-state index contributed by atoms with van der Waals surface area (Å²) in [4.78, 5) is 12.6. The van der Waals surface area contributed by atoms with Gasteiger partial charge in [-0.05, 0) is 36.2 Å². The number of hydrogen-bond acceptors (Lipinski definition) is 4. The molecule has 4 nitrogen and oxygen atoms in total. The lowest BCUT2D eigenvalue weighted by Gasteiger charge is -2.18. The predicted molar refractivity (Wildman–Crippen MR) is 103 cm³/mol. The number of carbonyl (C=O) groups excluding carboxylic acids is 1. The van der Waals surface area contributed by atoms with Gasteiger partial charge in [0.15, 0.2) is 11.6 Å². The van der Waals surface area contributed by atoms with Gasteiger partial charge in [-0.3, -0.25) is 0 Å². The van der Waals surface area contributed by atoms with Gasteiger partial charge in [-0.1, -0.05) is 43.7 Å². The van der Waals surface area contributed by atoms with Crippen molar-refractivity contribution in [2.75, 3.05) is 7.11 Å². The molecule has 148 valence electrons. The molecular formula is C23H25FO4. The number of fused-ring (bicyclic) bond motifs is 1. The third-order valence-corrected chi connectivity index (χ3v) is 6.03. The Hall–Kier alpha value is -2.56. The van der Waals surface area contributed by atoms with Crippen LogP contribution in [-0.2, 0) is 11.3 Å². The maximum Gasteiger partial charge on any atom is 0.342 e. The molecular weight excluding hydrogens is 359 g/mol. The largest absolute Gasteiger partial charge is 0.496 e. The molecule has 4 rings (SSSR count). The summed E-state index contributed by atoms with van der Waals surface area (Å²) in [5.41, 5.74) is 1.05. The zero-order valence-electron chi connectivity index (χ0n) is 16.2. The minimum absolute atomic E-state index is 0.00823. The van der Waals surface area contributed by atoms with Gasteiger partial charge >= 0.3 is 5.97 Å². The molecule has 2 aromatic rings. The van der Waals surface area contributed by atoms with Crippen molar-refractivity contribution in [1.82, 2.24) is 0 Å². The molecule has 0 N–H and O–H groups in total. The average molecular weight is 384 g/mol. The SMILES string of the molecule is CC[C@@H]1[C@H]2C[C@@H](Oc3cc(C(=O)OCc4ccccc4)c(OC)cc3F)C[C@@H]12. The summed E-state index contributed by atoms with van der Waals surface area (Å²) < 4.78 is 31.0. The van der Waals surface area contributed by atoms with Crippen molar-refractivity contribution in [3.63, 3.8) is 0 Å². The van der Waals surface area contributed by atoms with Crippen LogP contribution in [0.1, 0.15) is 42.1 Å². The third kappa shape index (κ3) is 3.71. The number of esters is 1. The van der Waals surface area contributed by atoms with Crippen molar-refractivity contribution in [2.45, 2.75) is 38.9 Å². The smallest absolute Gasteiger partial charge is 0.342 e. The standard InChI is InChI=1S/C23H25FO4/c1-3-16-17-9-15(10-18(16)17)28-22-11-19(21(26-2)12-20(22)24)23(25)27-13-14-7-5-4-6-8-14/h4-8,11-12,15-18H,3,9-10,13H2,1-2H3/t15-,16-,17-,18+. The first-order chi connectivity index (χ1) is 13.6. The van der Waals surface area contributed by atoms with Gasteiger partial charge < -0.3 is 14.2 Å². The second-order valence-corrected chi connectivity index (χ2v) is 7.66. The van der Waals surface area contributed by atoms with E-state index < -0.39 is 11.8 Å². The van der Waals surface area contributed by atoms with Gasteiger partial charge in [-0.2, -0.15) is 0 Å². The van der Waals surface area contributed by atoms with E-state index in [0.29, 0.717) is 11.8 Å². The molecule has 2 saturated carbocycles. The van der Waals surface area contributed by atoms with E-state index in [4.69, 9.17) is 14.2 Å². The summed E-state index contributed by atoms with van der Waals surface area (Å²) in [6.07, 6.45) is 3.13. The van der Waals surface area contributed by atoms with Crippen LogP contribution in [0.3, 0.4) is 0 Å². The van der Waals surface area contributed by atoms with Crippen LogP contribution in [0.25, 0.3) is 0 Å². The molecule has 28 heavy (non-hydrogen) atoms. The molecule has 0 saturated heterocycles. The Morgan fingerprint density at radius 1 is 1.11 bits per heavy atom.